The second-order valence-electron chi connectivity index (χ2n) is 4.05. The summed E-state index contributed by atoms with van der Waals surface area (Å²) in [6.07, 6.45) is -4.81. The van der Waals surface area contributed by atoms with Crippen LogP contribution in [0, 0.1) is 0 Å². The Morgan fingerprint density at radius 2 is 1.50 bits per heavy atom. The maximum Gasteiger partial charge on any atom is 0.636 e. The highest BCUT2D eigenvalue weighted by Gasteiger charge is 2.44. The lowest BCUT2D eigenvalue weighted by molar-refractivity contribution is -0.247. The molecule has 1 aliphatic heterocycles. The van der Waals surface area contributed by atoms with Crippen LogP contribution in [0.5, 0.6) is 0 Å². The summed E-state index contributed by atoms with van der Waals surface area (Å²) >= 11 is 0. The molecule has 1 aliphatic rings. The van der Waals surface area contributed by atoms with Gasteiger partial charge in [-0.2, -0.15) is 18.1 Å². The van der Waals surface area contributed by atoms with Crippen molar-refractivity contribution in [1.29, 1.82) is 0 Å². The van der Waals surface area contributed by atoms with Gasteiger partial charge in [0.25, 0.3) is 0 Å². The fourth-order valence-corrected chi connectivity index (χ4v) is 1.63. The molecule has 0 saturated carbocycles. The number of halogens is 3. The van der Waals surface area contributed by atoms with Crippen molar-refractivity contribution in [1.82, 2.24) is 4.90 Å². The smallest absolute Gasteiger partial charge is 0.494 e. The molecule has 1 fully saturated rings. The number of alkyl halides is 3. The van der Waals surface area contributed by atoms with Gasteiger partial charge in [0.15, 0.2) is 0 Å². The lowest BCUT2D eigenvalue weighted by atomic mass is 9.78. The molecule has 106 valence electrons. The lowest BCUT2D eigenvalue weighted by Gasteiger charge is -2.26. The maximum absolute atomic E-state index is 12.5. The third-order valence-corrected chi connectivity index (χ3v) is 2.55. The summed E-state index contributed by atoms with van der Waals surface area (Å²) in [5.41, 5.74) is 0.370. The predicted octanol–water partition coefficient (Wildman–Crippen LogP) is 0.304. The van der Waals surface area contributed by atoms with Crippen LogP contribution < -0.4 is 5.46 Å². The van der Waals surface area contributed by atoms with Gasteiger partial charge in [0.1, 0.15) is 13.1 Å². The fraction of sp³-hybridized carbons (Fsp3) is 0.273. The van der Waals surface area contributed by atoms with Crippen LogP contribution in [0.4, 0.5) is 13.2 Å². The molecule has 0 amide bonds. The fourth-order valence-electron chi connectivity index (χ4n) is 1.63. The maximum atomic E-state index is 12.5. The minimum absolute atomic E-state index is 0.265. The van der Waals surface area contributed by atoms with Crippen LogP contribution in [0.3, 0.4) is 0 Å². The van der Waals surface area contributed by atoms with E-state index in [1.54, 1.807) is 18.2 Å². The molecule has 1 heterocycles. The summed E-state index contributed by atoms with van der Waals surface area (Å²) < 4.78 is 47.1. The van der Waals surface area contributed by atoms with Crippen LogP contribution in [-0.4, -0.2) is 43.3 Å². The van der Waals surface area contributed by atoms with Crippen LogP contribution in [0.25, 0.3) is 0 Å². The standard InChI is InChI=1S/C11H9BF3NO4/c13-11(14,15)16-6-9(17)19-12(20-10(18)7-16)8-4-2-1-3-5-8/h1-5H,6-7H2. The Morgan fingerprint density at radius 3 is 1.95 bits per heavy atom. The van der Waals surface area contributed by atoms with Gasteiger partial charge in [0.05, 0.1) is 0 Å². The Bertz CT molecular complexity index is 488. The summed E-state index contributed by atoms with van der Waals surface area (Å²) in [4.78, 5) is 22.6. The largest absolute Gasteiger partial charge is 0.636 e. The molecule has 1 aromatic carbocycles. The third kappa shape index (κ3) is 3.50. The van der Waals surface area contributed by atoms with Gasteiger partial charge in [-0.3, -0.25) is 9.59 Å². The summed E-state index contributed by atoms with van der Waals surface area (Å²) in [6.45, 7) is -2.11. The topological polar surface area (TPSA) is 55.8 Å². The van der Waals surface area contributed by atoms with Crippen molar-refractivity contribution in [3.63, 3.8) is 0 Å². The number of nitrogens with zero attached hydrogens (tertiary/aromatic N) is 1. The zero-order chi connectivity index (χ0) is 14.8. The second-order valence-corrected chi connectivity index (χ2v) is 4.05. The van der Waals surface area contributed by atoms with Crippen molar-refractivity contribution in [2.75, 3.05) is 13.1 Å². The Hall–Kier alpha value is -2.03. The lowest BCUT2D eigenvalue weighted by Crippen LogP contribution is -2.52. The summed E-state index contributed by atoms with van der Waals surface area (Å²) in [7, 11) is -1.33. The van der Waals surface area contributed by atoms with E-state index in [1.807, 2.05) is 0 Å². The Kier molecular flexibility index (Phi) is 3.98. The first kappa shape index (κ1) is 14.4. The third-order valence-electron chi connectivity index (χ3n) is 2.55. The highest BCUT2D eigenvalue weighted by atomic mass is 19.4. The van der Waals surface area contributed by atoms with Crippen molar-refractivity contribution >= 4 is 24.5 Å². The first-order valence-electron chi connectivity index (χ1n) is 5.62. The van der Waals surface area contributed by atoms with Crippen molar-refractivity contribution in [3.8, 4) is 0 Å². The van der Waals surface area contributed by atoms with E-state index in [1.165, 1.54) is 12.1 Å². The molecule has 9 heteroatoms. The van der Waals surface area contributed by atoms with Crippen molar-refractivity contribution in [2.45, 2.75) is 6.30 Å². The Balaban J connectivity index is 2.16. The molecule has 0 N–H and O–H groups in total. The predicted molar refractivity (Wildman–Crippen MR) is 61.6 cm³/mol. The van der Waals surface area contributed by atoms with E-state index in [9.17, 15) is 22.8 Å². The number of hydrogen-bond donors (Lipinski definition) is 0. The molecule has 1 saturated heterocycles. The van der Waals surface area contributed by atoms with Gasteiger partial charge < -0.3 is 9.31 Å². The van der Waals surface area contributed by atoms with Crippen molar-refractivity contribution in [2.24, 2.45) is 0 Å². The first-order valence-corrected chi connectivity index (χ1v) is 5.62. The molecule has 0 atom stereocenters. The molecule has 0 spiro atoms. The Morgan fingerprint density at radius 1 is 1.00 bits per heavy atom. The molecule has 0 unspecified atom stereocenters. The van der Waals surface area contributed by atoms with Crippen LogP contribution in [-0.2, 0) is 18.9 Å². The summed E-state index contributed by atoms with van der Waals surface area (Å²) in [6, 6.07) is 8.01. The molecular formula is C11H9BF3NO4. The summed E-state index contributed by atoms with van der Waals surface area (Å²) in [5.74, 6) is -2.24. The van der Waals surface area contributed by atoms with Gasteiger partial charge in [0.2, 0.25) is 0 Å². The van der Waals surface area contributed by atoms with Gasteiger partial charge in [-0.05, 0) is 0 Å². The van der Waals surface area contributed by atoms with Crippen LogP contribution in [0.15, 0.2) is 30.3 Å². The first-order chi connectivity index (χ1) is 9.36. The zero-order valence-electron chi connectivity index (χ0n) is 10.1. The molecular weight excluding hydrogens is 278 g/mol. The van der Waals surface area contributed by atoms with Crippen LogP contribution in [0.1, 0.15) is 0 Å². The van der Waals surface area contributed by atoms with E-state index in [2.05, 4.69) is 0 Å². The van der Waals surface area contributed by atoms with Gasteiger partial charge in [-0.15, -0.1) is 0 Å². The molecule has 1 aromatic rings. The SMILES string of the molecule is O=C1CN(C(F)(F)F)CC(=O)OB(c2ccccc2)O1. The van der Waals surface area contributed by atoms with Gasteiger partial charge in [-0.1, -0.05) is 30.3 Å². The minimum atomic E-state index is -4.81. The average molecular weight is 287 g/mol. The van der Waals surface area contributed by atoms with E-state index < -0.39 is 38.4 Å². The average Bonchev–Trinajstić information content (AvgIpc) is 2.35. The highest BCUT2D eigenvalue weighted by molar-refractivity contribution is 6.64. The van der Waals surface area contributed by atoms with E-state index in [0.29, 0.717) is 5.46 Å². The van der Waals surface area contributed by atoms with Crippen LogP contribution in [0.2, 0.25) is 0 Å². The van der Waals surface area contributed by atoms with E-state index in [4.69, 9.17) is 9.31 Å². The quantitative estimate of drug-likeness (QED) is 0.549. The molecule has 20 heavy (non-hydrogen) atoms. The van der Waals surface area contributed by atoms with E-state index in [-0.39, 0.29) is 4.90 Å². The molecule has 0 aromatic heterocycles. The Labute approximate surface area is 112 Å². The normalized spacial score (nSPS) is 18.1. The van der Waals surface area contributed by atoms with E-state index in [0.717, 1.165) is 0 Å². The molecule has 0 aliphatic carbocycles. The van der Waals surface area contributed by atoms with Gasteiger partial charge in [0, 0.05) is 5.46 Å². The number of carbonyl (C=O) groups is 2. The molecule has 0 radical (unpaired) electrons. The molecule has 2 rings (SSSR count). The minimum Gasteiger partial charge on any atom is -0.494 e. The van der Waals surface area contributed by atoms with E-state index >= 15 is 0 Å². The molecule has 0 bridgehead atoms. The highest BCUT2D eigenvalue weighted by Crippen LogP contribution is 2.21. The summed E-state index contributed by atoms with van der Waals surface area (Å²) in [5, 5.41) is 0. The van der Waals surface area contributed by atoms with Crippen molar-refractivity contribution < 1.29 is 32.1 Å². The van der Waals surface area contributed by atoms with Crippen LogP contribution >= 0.6 is 0 Å². The number of rotatable bonds is 1. The number of benzene rings is 1. The molecule has 5 nitrogen and oxygen atoms in total. The monoisotopic (exact) mass is 287 g/mol. The zero-order valence-corrected chi connectivity index (χ0v) is 10.1. The van der Waals surface area contributed by atoms with Gasteiger partial charge >= 0.3 is 25.4 Å². The number of carbonyl (C=O) groups excluding carboxylic acids is 2. The van der Waals surface area contributed by atoms with Crippen molar-refractivity contribution in [3.05, 3.63) is 30.3 Å². The number of hydrogen-bond acceptors (Lipinski definition) is 5. The second kappa shape index (κ2) is 5.54. The van der Waals surface area contributed by atoms with Gasteiger partial charge in [-0.25, -0.2) is 0 Å².